The van der Waals surface area contributed by atoms with Crippen LogP contribution in [0.25, 0.3) is 0 Å². The number of amides is 1. The molecule has 18 heavy (non-hydrogen) atoms. The Bertz CT molecular complexity index is 592. The zero-order valence-corrected chi connectivity index (χ0v) is 11.3. The summed E-state index contributed by atoms with van der Waals surface area (Å²) in [4.78, 5) is 12.8. The summed E-state index contributed by atoms with van der Waals surface area (Å²) in [6.07, 6.45) is 1.63. The summed E-state index contributed by atoms with van der Waals surface area (Å²) in [5.41, 5.74) is 4.01. The van der Waals surface area contributed by atoms with Crippen LogP contribution in [0.4, 0.5) is 0 Å². The van der Waals surface area contributed by atoms with Crippen molar-refractivity contribution in [2.75, 3.05) is 0 Å². The third-order valence-corrected chi connectivity index (χ3v) is 3.65. The van der Waals surface area contributed by atoms with E-state index in [0.717, 1.165) is 10.4 Å². The summed E-state index contributed by atoms with van der Waals surface area (Å²) in [5.74, 6) is -0.314. The minimum absolute atomic E-state index is 0.314. The number of hydrazone groups is 1. The molecule has 2 rings (SSSR count). The highest BCUT2D eigenvalue weighted by molar-refractivity contribution is 7.11. The molecule has 1 N–H and O–H groups in total. The van der Waals surface area contributed by atoms with E-state index in [-0.39, 0.29) is 5.91 Å². The zero-order valence-electron chi connectivity index (χ0n) is 9.68. The van der Waals surface area contributed by atoms with Crippen molar-refractivity contribution in [1.29, 1.82) is 0 Å². The number of hydrogen-bond donors (Lipinski definition) is 1. The van der Waals surface area contributed by atoms with E-state index in [9.17, 15) is 4.79 Å². The van der Waals surface area contributed by atoms with E-state index in [0.29, 0.717) is 10.6 Å². The molecule has 0 unspecified atom stereocenters. The zero-order chi connectivity index (χ0) is 13.0. The van der Waals surface area contributed by atoms with Crippen molar-refractivity contribution in [3.05, 3.63) is 56.7 Å². The van der Waals surface area contributed by atoms with E-state index < -0.39 is 0 Å². The van der Waals surface area contributed by atoms with Gasteiger partial charge < -0.3 is 0 Å². The van der Waals surface area contributed by atoms with Gasteiger partial charge in [0.2, 0.25) is 0 Å². The molecule has 1 aromatic carbocycles. The molecule has 0 radical (unpaired) electrons. The maximum absolute atomic E-state index is 11.8. The van der Waals surface area contributed by atoms with Crippen LogP contribution < -0.4 is 5.43 Å². The Hall–Kier alpha value is -1.65. The number of nitrogens with one attached hydrogen (secondary N) is 1. The largest absolute Gasteiger partial charge is 0.272 e. The van der Waals surface area contributed by atoms with Crippen LogP contribution >= 0.6 is 22.9 Å². The molecule has 0 fully saturated rings. The van der Waals surface area contributed by atoms with Crippen molar-refractivity contribution in [2.24, 2.45) is 5.10 Å². The van der Waals surface area contributed by atoms with E-state index in [2.05, 4.69) is 10.5 Å². The van der Waals surface area contributed by atoms with Crippen LogP contribution in [-0.4, -0.2) is 12.1 Å². The molecule has 5 heteroatoms. The van der Waals surface area contributed by atoms with Crippen molar-refractivity contribution < 1.29 is 4.79 Å². The SMILES string of the molecule is Cc1ccsc1C=NNC(=O)c1ccccc1Cl. The second kappa shape index (κ2) is 5.80. The van der Waals surface area contributed by atoms with Crippen LogP contribution in [0, 0.1) is 6.92 Å². The van der Waals surface area contributed by atoms with Gasteiger partial charge in [0.1, 0.15) is 0 Å². The number of thiophene rings is 1. The molecule has 0 aliphatic rings. The first-order chi connectivity index (χ1) is 8.68. The third kappa shape index (κ3) is 2.97. The maximum atomic E-state index is 11.8. The van der Waals surface area contributed by atoms with E-state index in [1.807, 2.05) is 18.4 Å². The standard InChI is InChI=1S/C13H11ClN2OS/c1-9-6-7-18-12(9)8-15-16-13(17)10-4-2-3-5-11(10)14/h2-8H,1H3,(H,16,17). The lowest BCUT2D eigenvalue weighted by Crippen LogP contribution is -2.17. The molecule has 92 valence electrons. The van der Waals surface area contributed by atoms with Crippen molar-refractivity contribution in [3.8, 4) is 0 Å². The molecule has 0 spiro atoms. The molecule has 0 saturated heterocycles. The van der Waals surface area contributed by atoms with E-state index in [1.165, 1.54) is 0 Å². The fraction of sp³-hybridized carbons (Fsp3) is 0.0769. The van der Waals surface area contributed by atoms with Gasteiger partial charge in [-0.15, -0.1) is 11.3 Å². The topological polar surface area (TPSA) is 41.5 Å². The second-order valence-corrected chi connectivity index (χ2v) is 5.00. The summed E-state index contributed by atoms with van der Waals surface area (Å²) in [6, 6.07) is 8.86. The number of hydrogen-bond acceptors (Lipinski definition) is 3. The van der Waals surface area contributed by atoms with Crippen LogP contribution in [-0.2, 0) is 0 Å². The Morgan fingerprint density at radius 2 is 2.17 bits per heavy atom. The minimum Gasteiger partial charge on any atom is -0.267 e. The summed E-state index contributed by atoms with van der Waals surface area (Å²) in [6.45, 7) is 1.99. The molecule has 3 nitrogen and oxygen atoms in total. The number of nitrogens with zero attached hydrogens (tertiary/aromatic N) is 1. The lowest BCUT2D eigenvalue weighted by atomic mass is 10.2. The lowest BCUT2D eigenvalue weighted by Gasteiger charge is -2.01. The van der Waals surface area contributed by atoms with Gasteiger partial charge >= 0.3 is 0 Å². The number of carbonyl (C=O) groups excluding carboxylic acids is 1. The molecule has 0 aliphatic carbocycles. The van der Waals surface area contributed by atoms with Crippen LogP contribution in [0.3, 0.4) is 0 Å². The molecule has 1 heterocycles. The van der Waals surface area contributed by atoms with Gasteiger partial charge in [-0.05, 0) is 36.1 Å². The number of rotatable bonds is 3. The number of benzene rings is 1. The van der Waals surface area contributed by atoms with Crippen LogP contribution in [0.2, 0.25) is 5.02 Å². The Morgan fingerprint density at radius 3 is 2.83 bits per heavy atom. The highest BCUT2D eigenvalue weighted by Crippen LogP contribution is 2.15. The molecular formula is C13H11ClN2OS. The molecule has 1 aromatic heterocycles. The van der Waals surface area contributed by atoms with Crippen molar-refractivity contribution in [2.45, 2.75) is 6.92 Å². The monoisotopic (exact) mass is 278 g/mol. The van der Waals surface area contributed by atoms with Gasteiger partial charge in [0.05, 0.1) is 16.8 Å². The van der Waals surface area contributed by atoms with Crippen LogP contribution in [0.5, 0.6) is 0 Å². The number of carbonyl (C=O) groups is 1. The molecular weight excluding hydrogens is 268 g/mol. The number of aryl methyl sites for hydroxylation is 1. The molecule has 0 atom stereocenters. The minimum atomic E-state index is -0.314. The molecule has 0 bridgehead atoms. The smallest absolute Gasteiger partial charge is 0.267 e. The average molecular weight is 279 g/mol. The van der Waals surface area contributed by atoms with Gasteiger partial charge in [-0.2, -0.15) is 5.10 Å². The summed E-state index contributed by atoms with van der Waals surface area (Å²) >= 11 is 7.49. The summed E-state index contributed by atoms with van der Waals surface area (Å²) < 4.78 is 0. The summed E-state index contributed by atoms with van der Waals surface area (Å²) in [7, 11) is 0. The fourth-order valence-electron chi connectivity index (χ4n) is 1.37. The Morgan fingerprint density at radius 1 is 1.39 bits per heavy atom. The molecule has 2 aromatic rings. The fourth-order valence-corrected chi connectivity index (χ4v) is 2.38. The summed E-state index contributed by atoms with van der Waals surface area (Å²) in [5, 5.41) is 6.31. The first-order valence-electron chi connectivity index (χ1n) is 5.30. The normalized spacial score (nSPS) is 10.8. The first kappa shape index (κ1) is 12.8. The molecule has 0 aliphatic heterocycles. The average Bonchev–Trinajstić information content (AvgIpc) is 2.75. The van der Waals surface area contributed by atoms with Crippen molar-refractivity contribution in [1.82, 2.24) is 5.43 Å². The Kier molecular flexibility index (Phi) is 4.12. The van der Waals surface area contributed by atoms with Gasteiger partial charge in [-0.3, -0.25) is 4.79 Å². The highest BCUT2D eigenvalue weighted by Gasteiger charge is 2.07. The first-order valence-corrected chi connectivity index (χ1v) is 6.56. The predicted molar refractivity (Wildman–Crippen MR) is 75.6 cm³/mol. The van der Waals surface area contributed by atoms with E-state index in [1.54, 1.807) is 41.8 Å². The second-order valence-electron chi connectivity index (χ2n) is 3.65. The van der Waals surface area contributed by atoms with Crippen molar-refractivity contribution in [3.63, 3.8) is 0 Å². The lowest BCUT2D eigenvalue weighted by molar-refractivity contribution is 0.0955. The third-order valence-electron chi connectivity index (χ3n) is 2.37. The number of halogens is 1. The Labute approximate surface area is 114 Å². The van der Waals surface area contributed by atoms with Gasteiger partial charge in [-0.1, -0.05) is 23.7 Å². The Balaban J connectivity index is 2.03. The maximum Gasteiger partial charge on any atom is 0.272 e. The quantitative estimate of drug-likeness (QED) is 0.678. The highest BCUT2D eigenvalue weighted by atomic mass is 35.5. The van der Waals surface area contributed by atoms with Crippen LogP contribution in [0.15, 0.2) is 40.8 Å². The predicted octanol–water partition coefficient (Wildman–Crippen LogP) is 3.47. The molecule has 0 saturated carbocycles. The van der Waals surface area contributed by atoms with Gasteiger partial charge in [-0.25, -0.2) is 5.43 Å². The van der Waals surface area contributed by atoms with Gasteiger partial charge in [0.15, 0.2) is 0 Å². The molecule has 1 amide bonds. The van der Waals surface area contributed by atoms with Gasteiger partial charge in [0, 0.05) is 4.88 Å². The van der Waals surface area contributed by atoms with Crippen LogP contribution in [0.1, 0.15) is 20.8 Å². The van der Waals surface area contributed by atoms with E-state index in [4.69, 9.17) is 11.6 Å². The van der Waals surface area contributed by atoms with E-state index >= 15 is 0 Å². The van der Waals surface area contributed by atoms with Gasteiger partial charge in [0.25, 0.3) is 5.91 Å². The van der Waals surface area contributed by atoms with Crippen molar-refractivity contribution >= 4 is 35.1 Å².